The fraction of sp³-hybridized carbons (Fsp3) is 0.476. The van der Waals surface area contributed by atoms with Gasteiger partial charge in [0.1, 0.15) is 0 Å². The van der Waals surface area contributed by atoms with Crippen molar-refractivity contribution in [1.29, 1.82) is 0 Å². The highest BCUT2D eigenvalue weighted by atomic mass is 19.1. The van der Waals surface area contributed by atoms with Crippen molar-refractivity contribution in [2.45, 2.75) is 45.1 Å². The lowest BCUT2D eigenvalue weighted by atomic mass is 10.0. The molecular weight excluding hydrogens is 373 g/mol. The Labute approximate surface area is 169 Å². The first-order chi connectivity index (χ1) is 13.9. The van der Waals surface area contributed by atoms with E-state index >= 15 is 0 Å². The Hall–Kier alpha value is -2.90. The maximum Gasteiger partial charge on any atom is 0.327 e. The van der Waals surface area contributed by atoms with Crippen molar-refractivity contribution in [2.24, 2.45) is 5.92 Å². The summed E-state index contributed by atoms with van der Waals surface area (Å²) in [4.78, 5) is 40.8. The molecule has 152 valence electrons. The Morgan fingerprint density at radius 3 is 2.62 bits per heavy atom. The lowest BCUT2D eigenvalue weighted by Gasteiger charge is -2.25. The van der Waals surface area contributed by atoms with Crippen LogP contribution in [0.1, 0.15) is 43.9 Å². The number of hydrogen-bond acceptors (Lipinski definition) is 5. The van der Waals surface area contributed by atoms with Crippen molar-refractivity contribution < 1.29 is 14.0 Å². The lowest BCUT2D eigenvalue weighted by Crippen LogP contribution is -2.41. The molecule has 1 aliphatic heterocycles. The van der Waals surface area contributed by atoms with E-state index in [1.165, 1.54) is 23.3 Å². The van der Waals surface area contributed by atoms with E-state index in [9.17, 15) is 14.0 Å². The molecular formula is C21H24FN5O2. The van der Waals surface area contributed by atoms with E-state index in [-0.39, 0.29) is 42.7 Å². The SMILES string of the molecule is CC(C)[C@H]1CN(c2ncc(F)cn2)C(=O)N1CC(=O)Cc1cc(C2CC2)ccn1. The molecule has 1 atom stereocenters. The average Bonchev–Trinajstić information content (AvgIpc) is 3.49. The van der Waals surface area contributed by atoms with Crippen LogP contribution in [0.5, 0.6) is 0 Å². The Morgan fingerprint density at radius 1 is 1.24 bits per heavy atom. The normalized spacial score (nSPS) is 19.3. The van der Waals surface area contributed by atoms with Gasteiger partial charge in [0.05, 0.1) is 37.9 Å². The highest BCUT2D eigenvalue weighted by molar-refractivity contribution is 5.96. The van der Waals surface area contributed by atoms with E-state index in [0.717, 1.165) is 18.1 Å². The highest BCUT2D eigenvalue weighted by Crippen LogP contribution is 2.39. The number of urea groups is 1. The molecule has 4 rings (SSSR count). The van der Waals surface area contributed by atoms with Crippen LogP contribution in [0.3, 0.4) is 0 Å². The second-order valence-electron chi connectivity index (χ2n) is 8.10. The van der Waals surface area contributed by atoms with Gasteiger partial charge in [-0.05, 0) is 42.4 Å². The van der Waals surface area contributed by atoms with Crippen LogP contribution < -0.4 is 4.90 Å². The topological polar surface area (TPSA) is 79.3 Å². The van der Waals surface area contributed by atoms with E-state index in [0.29, 0.717) is 12.5 Å². The Balaban J connectivity index is 1.46. The fourth-order valence-corrected chi connectivity index (χ4v) is 3.74. The van der Waals surface area contributed by atoms with Crippen molar-refractivity contribution >= 4 is 17.8 Å². The number of anilines is 1. The number of carbonyl (C=O) groups is 2. The van der Waals surface area contributed by atoms with Crippen molar-refractivity contribution in [3.63, 3.8) is 0 Å². The summed E-state index contributed by atoms with van der Waals surface area (Å²) in [6, 6.07) is 3.53. The summed E-state index contributed by atoms with van der Waals surface area (Å²) in [5.41, 5.74) is 1.98. The Bertz CT molecular complexity index is 914. The second kappa shape index (κ2) is 7.85. The number of Topliss-reactive ketones (excluding diaryl/α,β-unsaturated/α-hetero) is 1. The molecule has 1 saturated carbocycles. The number of ketones is 1. The molecule has 0 spiro atoms. The van der Waals surface area contributed by atoms with Crippen LogP contribution in [-0.2, 0) is 11.2 Å². The number of rotatable bonds is 7. The summed E-state index contributed by atoms with van der Waals surface area (Å²) in [6.07, 6.45) is 6.40. The van der Waals surface area contributed by atoms with Crippen LogP contribution in [0, 0.1) is 11.7 Å². The molecule has 7 nitrogen and oxygen atoms in total. The van der Waals surface area contributed by atoms with Gasteiger partial charge in [0.15, 0.2) is 11.6 Å². The minimum atomic E-state index is -0.561. The average molecular weight is 397 g/mol. The van der Waals surface area contributed by atoms with Crippen molar-refractivity contribution in [2.75, 3.05) is 18.0 Å². The van der Waals surface area contributed by atoms with Crippen molar-refractivity contribution in [3.8, 4) is 0 Å². The molecule has 0 aromatic carbocycles. The molecule has 1 aliphatic carbocycles. The van der Waals surface area contributed by atoms with Gasteiger partial charge >= 0.3 is 6.03 Å². The zero-order chi connectivity index (χ0) is 20.5. The van der Waals surface area contributed by atoms with Crippen LogP contribution in [0.2, 0.25) is 0 Å². The van der Waals surface area contributed by atoms with E-state index in [4.69, 9.17) is 0 Å². The second-order valence-corrected chi connectivity index (χ2v) is 8.10. The standard InChI is InChI=1S/C21H24FN5O2/c1-13(2)19-12-27(20-24-9-16(22)10-25-20)21(29)26(19)11-18(28)8-17-7-15(5-6-23-17)14-3-4-14/h5-7,9-10,13-14,19H,3-4,8,11-12H2,1-2H3/t19-/m1/s1. The molecule has 0 unspecified atom stereocenters. The smallest absolute Gasteiger partial charge is 0.312 e. The molecule has 2 amide bonds. The number of hydrogen-bond donors (Lipinski definition) is 0. The van der Waals surface area contributed by atoms with Crippen LogP contribution >= 0.6 is 0 Å². The van der Waals surface area contributed by atoms with E-state index in [2.05, 4.69) is 15.0 Å². The number of amides is 2. The van der Waals surface area contributed by atoms with E-state index in [1.54, 1.807) is 11.1 Å². The van der Waals surface area contributed by atoms with Gasteiger partial charge < -0.3 is 4.90 Å². The summed E-state index contributed by atoms with van der Waals surface area (Å²) < 4.78 is 13.1. The zero-order valence-corrected chi connectivity index (χ0v) is 16.6. The third-order valence-corrected chi connectivity index (χ3v) is 5.48. The lowest BCUT2D eigenvalue weighted by molar-refractivity contribution is -0.119. The maximum absolute atomic E-state index is 13.1. The van der Waals surface area contributed by atoms with Gasteiger partial charge in [-0.15, -0.1) is 0 Å². The van der Waals surface area contributed by atoms with Crippen LogP contribution in [0.4, 0.5) is 15.1 Å². The largest absolute Gasteiger partial charge is 0.327 e. The zero-order valence-electron chi connectivity index (χ0n) is 16.6. The minimum absolute atomic E-state index is 0.00864. The van der Waals surface area contributed by atoms with Crippen LogP contribution in [0.15, 0.2) is 30.7 Å². The molecule has 2 aromatic heterocycles. The molecule has 0 N–H and O–H groups in total. The third kappa shape index (κ3) is 4.26. The first-order valence-electron chi connectivity index (χ1n) is 9.94. The summed E-state index contributed by atoms with van der Waals surface area (Å²) in [5.74, 6) is 0.269. The minimum Gasteiger partial charge on any atom is -0.312 e. The third-order valence-electron chi connectivity index (χ3n) is 5.48. The van der Waals surface area contributed by atoms with Crippen molar-refractivity contribution in [3.05, 3.63) is 47.8 Å². The summed E-state index contributed by atoms with van der Waals surface area (Å²) in [5, 5.41) is 0. The number of nitrogens with zero attached hydrogens (tertiary/aromatic N) is 5. The highest BCUT2D eigenvalue weighted by Gasteiger charge is 2.41. The van der Waals surface area contributed by atoms with Gasteiger partial charge in [0.2, 0.25) is 5.95 Å². The number of pyridine rings is 1. The monoisotopic (exact) mass is 397 g/mol. The molecule has 2 fully saturated rings. The van der Waals surface area contributed by atoms with Gasteiger partial charge in [-0.25, -0.2) is 19.2 Å². The van der Waals surface area contributed by atoms with Gasteiger partial charge in [0, 0.05) is 11.9 Å². The first-order valence-corrected chi connectivity index (χ1v) is 9.94. The predicted molar refractivity (Wildman–Crippen MR) is 105 cm³/mol. The molecule has 3 heterocycles. The van der Waals surface area contributed by atoms with Crippen LogP contribution in [0.25, 0.3) is 0 Å². The number of carbonyl (C=O) groups excluding carboxylic acids is 2. The van der Waals surface area contributed by atoms with Crippen LogP contribution in [-0.4, -0.2) is 50.8 Å². The van der Waals surface area contributed by atoms with Crippen molar-refractivity contribution in [1.82, 2.24) is 19.9 Å². The molecule has 8 heteroatoms. The summed E-state index contributed by atoms with van der Waals surface area (Å²) in [6.45, 7) is 4.38. The fourth-order valence-electron chi connectivity index (χ4n) is 3.74. The summed E-state index contributed by atoms with van der Waals surface area (Å²) in [7, 11) is 0. The molecule has 0 bridgehead atoms. The Morgan fingerprint density at radius 2 is 1.97 bits per heavy atom. The molecule has 0 radical (unpaired) electrons. The van der Waals surface area contributed by atoms with Gasteiger partial charge in [-0.2, -0.15) is 0 Å². The van der Waals surface area contributed by atoms with E-state index < -0.39 is 5.82 Å². The molecule has 29 heavy (non-hydrogen) atoms. The van der Waals surface area contributed by atoms with Gasteiger partial charge in [0.25, 0.3) is 0 Å². The maximum atomic E-state index is 13.1. The molecule has 2 aromatic rings. The predicted octanol–water partition coefficient (Wildman–Crippen LogP) is 2.97. The summed E-state index contributed by atoms with van der Waals surface area (Å²) >= 11 is 0. The molecule has 2 aliphatic rings. The number of halogens is 1. The Kier molecular flexibility index (Phi) is 5.25. The van der Waals surface area contributed by atoms with E-state index in [1.807, 2.05) is 26.0 Å². The quantitative estimate of drug-likeness (QED) is 0.718. The van der Waals surface area contributed by atoms with Gasteiger partial charge in [-0.1, -0.05) is 13.8 Å². The first kappa shape index (κ1) is 19.4. The van der Waals surface area contributed by atoms with Gasteiger partial charge in [-0.3, -0.25) is 14.7 Å². The number of aromatic nitrogens is 3. The molecule has 1 saturated heterocycles.